The van der Waals surface area contributed by atoms with Crippen LogP contribution in [0.5, 0.6) is 0 Å². The zero-order chi connectivity index (χ0) is 7.28. The van der Waals surface area contributed by atoms with E-state index in [1.807, 2.05) is 6.92 Å². The van der Waals surface area contributed by atoms with Crippen LogP contribution in [0.1, 0.15) is 20.3 Å². The molecule has 0 aliphatic heterocycles. The first kappa shape index (κ1) is 8.79. The molecule has 2 N–H and O–H groups in total. The van der Waals surface area contributed by atoms with Gasteiger partial charge in [-0.2, -0.15) is 5.90 Å². The number of hydrogen-bond donors (Lipinski definition) is 1. The molecule has 0 saturated heterocycles. The highest BCUT2D eigenvalue weighted by molar-refractivity contribution is 6.19. The quantitative estimate of drug-likeness (QED) is 0.377. The van der Waals surface area contributed by atoms with E-state index in [1.165, 1.54) is 0 Å². The monoisotopic (exact) mass is 149 g/mol. The molecule has 0 radical (unpaired) electrons. The molecular weight excluding hydrogens is 138 g/mol. The molecule has 9 heavy (non-hydrogen) atoms. The molecular formula is C6H12ClNO. The van der Waals surface area contributed by atoms with Crippen LogP contribution in [-0.4, -0.2) is 5.88 Å². The van der Waals surface area contributed by atoms with Gasteiger partial charge in [0.1, 0.15) is 5.76 Å². The highest BCUT2D eigenvalue weighted by atomic mass is 35.5. The van der Waals surface area contributed by atoms with E-state index < -0.39 is 0 Å². The van der Waals surface area contributed by atoms with Crippen LogP contribution >= 0.6 is 11.6 Å². The van der Waals surface area contributed by atoms with Gasteiger partial charge in [-0.3, -0.25) is 0 Å². The summed E-state index contributed by atoms with van der Waals surface area (Å²) >= 11 is 5.55. The van der Waals surface area contributed by atoms with Crippen molar-refractivity contribution in [1.82, 2.24) is 0 Å². The van der Waals surface area contributed by atoms with Gasteiger partial charge in [-0.15, -0.1) is 11.6 Å². The van der Waals surface area contributed by atoms with Crippen LogP contribution in [-0.2, 0) is 4.84 Å². The molecule has 0 heterocycles. The number of allylic oxidation sites excluding steroid dienone is 2. The van der Waals surface area contributed by atoms with Crippen LogP contribution in [0.2, 0.25) is 0 Å². The number of alkyl halides is 1. The van der Waals surface area contributed by atoms with E-state index >= 15 is 0 Å². The molecule has 3 heteroatoms. The summed E-state index contributed by atoms with van der Waals surface area (Å²) in [6, 6.07) is 0. The summed E-state index contributed by atoms with van der Waals surface area (Å²) in [4.78, 5) is 4.49. The van der Waals surface area contributed by atoms with Crippen molar-refractivity contribution in [3.63, 3.8) is 0 Å². The second-order valence-electron chi connectivity index (χ2n) is 1.76. The van der Waals surface area contributed by atoms with E-state index in [4.69, 9.17) is 17.5 Å². The molecule has 0 spiro atoms. The van der Waals surface area contributed by atoms with E-state index in [2.05, 4.69) is 4.84 Å². The maximum atomic E-state index is 5.55. The van der Waals surface area contributed by atoms with Gasteiger partial charge in [0.2, 0.25) is 0 Å². The maximum absolute atomic E-state index is 5.55. The third-order valence-corrected chi connectivity index (χ3v) is 1.59. The Morgan fingerprint density at radius 3 is 2.33 bits per heavy atom. The molecule has 0 saturated carbocycles. The number of hydrogen-bond acceptors (Lipinski definition) is 2. The van der Waals surface area contributed by atoms with Crippen LogP contribution in [0.25, 0.3) is 0 Å². The first-order valence-electron chi connectivity index (χ1n) is 2.87. The van der Waals surface area contributed by atoms with Gasteiger partial charge in [-0.05, 0) is 18.9 Å². The van der Waals surface area contributed by atoms with Crippen molar-refractivity contribution >= 4 is 11.6 Å². The largest absolute Gasteiger partial charge is 0.416 e. The molecule has 0 fully saturated rings. The highest BCUT2D eigenvalue weighted by Crippen LogP contribution is 2.08. The summed E-state index contributed by atoms with van der Waals surface area (Å²) in [5, 5.41) is 0. The van der Waals surface area contributed by atoms with Crippen molar-refractivity contribution in [3.05, 3.63) is 11.3 Å². The first-order valence-corrected chi connectivity index (χ1v) is 3.41. The van der Waals surface area contributed by atoms with E-state index in [-0.39, 0.29) is 0 Å². The maximum Gasteiger partial charge on any atom is 0.121 e. The molecule has 0 aromatic carbocycles. The molecule has 0 unspecified atom stereocenters. The van der Waals surface area contributed by atoms with Crippen molar-refractivity contribution in [1.29, 1.82) is 0 Å². The van der Waals surface area contributed by atoms with Crippen molar-refractivity contribution in [2.24, 2.45) is 5.90 Å². The van der Waals surface area contributed by atoms with Crippen LogP contribution in [0.3, 0.4) is 0 Å². The smallest absolute Gasteiger partial charge is 0.121 e. The van der Waals surface area contributed by atoms with Crippen LogP contribution in [0.15, 0.2) is 11.3 Å². The second-order valence-corrected chi connectivity index (χ2v) is 2.03. The molecule has 0 rings (SSSR count). The molecule has 0 bridgehead atoms. The van der Waals surface area contributed by atoms with Gasteiger partial charge in [-0.25, -0.2) is 0 Å². The van der Waals surface area contributed by atoms with Crippen molar-refractivity contribution in [3.8, 4) is 0 Å². The number of halogens is 1. The van der Waals surface area contributed by atoms with Crippen molar-refractivity contribution in [2.75, 3.05) is 5.88 Å². The van der Waals surface area contributed by atoms with Gasteiger partial charge in [0.05, 0.1) is 0 Å². The molecule has 0 atom stereocenters. The molecule has 0 aromatic rings. The Balaban J connectivity index is 4.01. The minimum Gasteiger partial charge on any atom is -0.416 e. The molecule has 0 amide bonds. The summed E-state index contributed by atoms with van der Waals surface area (Å²) in [6.07, 6.45) is 0.895. The second kappa shape index (κ2) is 4.65. The van der Waals surface area contributed by atoms with Gasteiger partial charge in [-0.1, -0.05) is 6.92 Å². The van der Waals surface area contributed by atoms with E-state index in [1.54, 1.807) is 6.92 Å². The Bertz CT molecular complexity index is 106. The Hall–Kier alpha value is -0.210. The zero-order valence-corrected chi connectivity index (χ0v) is 6.53. The summed E-state index contributed by atoms with van der Waals surface area (Å²) < 4.78 is 0. The van der Waals surface area contributed by atoms with Crippen LogP contribution in [0, 0.1) is 0 Å². The van der Waals surface area contributed by atoms with Gasteiger partial charge in [0, 0.05) is 5.88 Å². The third kappa shape index (κ3) is 2.72. The van der Waals surface area contributed by atoms with Crippen molar-refractivity contribution in [2.45, 2.75) is 20.3 Å². The normalized spacial score (nSPS) is 12.9. The Morgan fingerprint density at radius 2 is 2.22 bits per heavy atom. The minimum atomic E-state index is 0.500. The molecule has 0 aliphatic carbocycles. The molecule has 0 aromatic heterocycles. The summed E-state index contributed by atoms with van der Waals surface area (Å²) in [5.41, 5.74) is 1.05. The average Bonchev–Trinajstić information content (AvgIpc) is 1.90. The standard InChI is InChI=1S/C6H12ClNO/c1-3-6(4-7)5(2)9-8/h3-4,8H2,1-2H3/b6-5+. The van der Waals surface area contributed by atoms with E-state index in [0.29, 0.717) is 5.88 Å². The van der Waals surface area contributed by atoms with Crippen LogP contribution < -0.4 is 5.90 Å². The Kier molecular flexibility index (Phi) is 4.54. The molecule has 0 aliphatic rings. The lowest BCUT2D eigenvalue weighted by molar-refractivity contribution is 0.218. The summed E-state index contributed by atoms with van der Waals surface area (Å²) in [7, 11) is 0. The zero-order valence-electron chi connectivity index (χ0n) is 5.78. The summed E-state index contributed by atoms with van der Waals surface area (Å²) in [6.45, 7) is 3.82. The van der Waals surface area contributed by atoms with Crippen molar-refractivity contribution < 1.29 is 4.84 Å². The van der Waals surface area contributed by atoms with E-state index in [9.17, 15) is 0 Å². The minimum absolute atomic E-state index is 0.500. The summed E-state index contributed by atoms with van der Waals surface area (Å²) in [5.74, 6) is 6.14. The highest BCUT2D eigenvalue weighted by Gasteiger charge is 1.97. The fraction of sp³-hybridized carbons (Fsp3) is 0.667. The SMILES string of the molecule is CC/C(CCl)=C(/C)ON. The Labute approximate surface area is 60.6 Å². The van der Waals surface area contributed by atoms with Gasteiger partial charge in [0.25, 0.3) is 0 Å². The predicted octanol–water partition coefficient (Wildman–Crippen LogP) is 1.80. The van der Waals surface area contributed by atoms with Gasteiger partial charge < -0.3 is 4.84 Å². The van der Waals surface area contributed by atoms with E-state index in [0.717, 1.165) is 17.8 Å². The molecule has 54 valence electrons. The van der Waals surface area contributed by atoms with Crippen LogP contribution in [0.4, 0.5) is 0 Å². The predicted molar refractivity (Wildman–Crippen MR) is 39.0 cm³/mol. The fourth-order valence-electron chi connectivity index (χ4n) is 0.521. The average molecular weight is 150 g/mol. The van der Waals surface area contributed by atoms with Gasteiger partial charge >= 0.3 is 0 Å². The first-order chi connectivity index (χ1) is 4.26. The lowest BCUT2D eigenvalue weighted by Gasteiger charge is -2.03. The molecule has 2 nitrogen and oxygen atoms in total. The topological polar surface area (TPSA) is 35.2 Å². The Morgan fingerprint density at radius 1 is 1.67 bits per heavy atom. The number of rotatable bonds is 3. The fourth-order valence-corrected chi connectivity index (χ4v) is 0.898. The lowest BCUT2D eigenvalue weighted by atomic mass is 10.2. The number of nitrogens with two attached hydrogens (primary N) is 1. The van der Waals surface area contributed by atoms with Gasteiger partial charge in [0.15, 0.2) is 0 Å². The lowest BCUT2D eigenvalue weighted by Crippen LogP contribution is -2.00. The third-order valence-electron chi connectivity index (χ3n) is 1.26.